The monoisotopic (exact) mass is 387 g/mol. The van der Waals surface area contributed by atoms with Gasteiger partial charge in [-0.05, 0) is 17.7 Å². The van der Waals surface area contributed by atoms with Crippen molar-refractivity contribution in [1.29, 1.82) is 0 Å². The maximum Gasteiger partial charge on any atom is 0.212 e. The number of halogens is 2. The molecule has 9 heteroatoms. The molecule has 0 saturated carbocycles. The lowest BCUT2D eigenvalue weighted by molar-refractivity contribution is 0.458. The van der Waals surface area contributed by atoms with Crippen LogP contribution < -0.4 is 16.8 Å². The fourth-order valence-electron chi connectivity index (χ4n) is 2.87. The number of aliphatic imine (C=N–C) groups is 2. The number of nitrogens with one attached hydrogen (secondary N) is 2. The summed E-state index contributed by atoms with van der Waals surface area (Å²) in [4.78, 5) is 8.83. The summed E-state index contributed by atoms with van der Waals surface area (Å²) >= 11 is 12.4. The Labute approximate surface area is 159 Å². The molecule has 6 N–H and O–H groups in total. The zero-order valence-corrected chi connectivity index (χ0v) is 15.0. The number of hydrogen-bond donors (Lipinski definition) is 4. The summed E-state index contributed by atoms with van der Waals surface area (Å²) in [5.41, 5.74) is 14.8. The Morgan fingerprint density at radius 3 is 2.81 bits per heavy atom. The summed E-state index contributed by atoms with van der Waals surface area (Å²) in [6.07, 6.45) is 2.00. The average molecular weight is 388 g/mol. The first-order chi connectivity index (χ1) is 12.4. The number of hydrogen-bond acceptors (Lipinski definition) is 6. The summed E-state index contributed by atoms with van der Waals surface area (Å²) in [6, 6.07) is 11.1. The van der Waals surface area contributed by atoms with Crippen LogP contribution in [0.5, 0.6) is 0 Å². The summed E-state index contributed by atoms with van der Waals surface area (Å²) in [6.45, 7) is 0. The van der Waals surface area contributed by atoms with E-state index in [2.05, 4.69) is 25.5 Å². The van der Waals surface area contributed by atoms with Crippen molar-refractivity contribution in [3.8, 4) is 0 Å². The first-order valence-corrected chi connectivity index (χ1v) is 8.57. The highest BCUT2D eigenvalue weighted by Crippen LogP contribution is 2.29. The SMILES string of the molecule is NC1=NC(N)(Cc2cccc(Cl)c2Cl)N=C(c2ccc3cn[nH]c3c2)N1. The van der Waals surface area contributed by atoms with Gasteiger partial charge in [0.05, 0.1) is 21.8 Å². The molecule has 1 aliphatic rings. The number of guanidine groups is 1. The quantitative estimate of drug-likeness (QED) is 0.551. The molecule has 0 fully saturated rings. The molecule has 1 aromatic heterocycles. The lowest BCUT2D eigenvalue weighted by atomic mass is 10.1. The van der Waals surface area contributed by atoms with Crippen LogP contribution in [0.3, 0.4) is 0 Å². The van der Waals surface area contributed by atoms with Crippen LogP contribution in [0.1, 0.15) is 11.1 Å². The van der Waals surface area contributed by atoms with E-state index in [1.807, 2.05) is 24.3 Å². The largest absolute Gasteiger partial charge is 0.370 e. The molecular weight excluding hydrogens is 373 g/mol. The zero-order valence-electron chi connectivity index (χ0n) is 13.5. The van der Waals surface area contributed by atoms with Crippen LogP contribution in [-0.2, 0) is 6.42 Å². The Balaban J connectivity index is 1.72. The fourth-order valence-corrected chi connectivity index (χ4v) is 3.26. The normalized spacial score (nSPS) is 19.8. The van der Waals surface area contributed by atoms with Gasteiger partial charge in [0.25, 0.3) is 0 Å². The summed E-state index contributed by atoms with van der Waals surface area (Å²) in [5, 5.41) is 11.8. The molecule has 0 saturated heterocycles. The van der Waals surface area contributed by atoms with Crippen molar-refractivity contribution in [1.82, 2.24) is 15.5 Å². The molecule has 3 aromatic rings. The highest BCUT2D eigenvalue weighted by atomic mass is 35.5. The van der Waals surface area contributed by atoms with Crippen LogP contribution >= 0.6 is 23.2 Å². The number of nitrogens with zero attached hydrogens (tertiary/aromatic N) is 3. The Bertz CT molecular complexity index is 1060. The van der Waals surface area contributed by atoms with Gasteiger partial charge in [-0.3, -0.25) is 10.8 Å². The Hall–Kier alpha value is -2.61. The predicted molar refractivity (Wildman–Crippen MR) is 104 cm³/mol. The van der Waals surface area contributed by atoms with Gasteiger partial charge >= 0.3 is 0 Å². The average Bonchev–Trinajstić information content (AvgIpc) is 3.05. The third kappa shape index (κ3) is 3.12. The Morgan fingerprint density at radius 2 is 1.96 bits per heavy atom. The second-order valence-electron chi connectivity index (χ2n) is 6.02. The van der Waals surface area contributed by atoms with Crippen LogP contribution in [0.2, 0.25) is 10.0 Å². The molecule has 1 aliphatic heterocycles. The molecule has 0 spiro atoms. The number of amidine groups is 1. The van der Waals surface area contributed by atoms with Crippen molar-refractivity contribution in [3.63, 3.8) is 0 Å². The number of aromatic amines is 1. The van der Waals surface area contributed by atoms with Gasteiger partial charge in [0, 0.05) is 17.4 Å². The van der Waals surface area contributed by atoms with Gasteiger partial charge < -0.3 is 11.1 Å². The molecule has 0 bridgehead atoms. The van der Waals surface area contributed by atoms with E-state index in [-0.39, 0.29) is 12.4 Å². The molecule has 26 heavy (non-hydrogen) atoms. The maximum absolute atomic E-state index is 6.40. The van der Waals surface area contributed by atoms with E-state index in [1.54, 1.807) is 18.3 Å². The molecule has 0 radical (unpaired) electrons. The Kier molecular flexibility index (Phi) is 4.07. The van der Waals surface area contributed by atoms with E-state index >= 15 is 0 Å². The van der Waals surface area contributed by atoms with Crippen molar-refractivity contribution in [2.75, 3.05) is 0 Å². The van der Waals surface area contributed by atoms with Crippen molar-refractivity contribution in [2.45, 2.75) is 12.2 Å². The van der Waals surface area contributed by atoms with E-state index in [9.17, 15) is 0 Å². The van der Waals surface area contributed by atoms with Gasteiger partial charge in [-0.1, -0.05) is 47.5 Å². The summed E-state index contributed by atoms with van der Waals surface area (Å²) in [7, 11) is 0. The highest BCUT2D eigenvalue weighted by Gasteiger charge is 2.30. The molecule has 0 amide bonds. The van der Waals surface area contributed by atoms with Crippen LogP contribution in [0.15, 0.2) is 52.6 Å². The predicted octanol–water partition coefficient (Wildman–Crippen LogP) is 2.39. The molecule has 132 valence electrons. The minimum atomic E-state index is -1.29. The van der Waals surface area contributed by atoms with Gasteiger partial charge in [-0.15, -0.1) is 0 Å². The summed E-state index contributed by atoms with van der Waals surface area (Å²) in [5.74, 6) is -0.586. The fraction of sp³-hybridized carbons (Fsp3) is 0.118. The Morgan fingerprint density at radius 1 is 1.12 bits per heavy atom. The molecular formula is C17H15Cl2N7. The number of fused-ring (bicyclic) bond motifs is 1. The second-order valence-corrected chi connectivity index (χ2v) is 6.81. The lowest BCUT2D eigenvalue weighted by Crippen LogP contribution is -2.51. The number of nitrogens with two attached hydrogens (primary N) is 2. The third-order valence-corrected chi connectivity index (χ3v) is 4.92. The van der Waals surface area contributed by atoms with Crippen molar-refractivity contribution in [3.05, 3.63) is 63.8 Å². The molecule has 1 atom stereocenters. The zero-order chi connectivity index (χ0) is 18.3. The molecule has 2 heterocycles. The van der Waals surface area contributed by atoms with Gasteiger partial charge in [0.15, 0.2) is 5.96 Å². The van der Waals surface area contributed by atoms with E-state index in [4.69, 9.17) is 34.7 Å². The molecule has 2 aromatic carbocycles. The van der Waals surface area contributed by atoms with Crippen LogP contribution in [0.25, 0.3) is 10.9 Å². The first kappa shape index (κ1) is 16.8. The second kappa shape index (κ2) is 6.28. The van der Waals surface area contributed by atoms with E-state index in [0.717, 1.165) is 22.0 Å². The standard InChI is InChI=1S/C17H15Cl2N7/c18-12-3-1-2-10(14(12)19)7-17(21)24-15(23-16(20)25-17)9-4-5-11-8-22-26-13(11)6-9/h1-6,8H,7,21H2,(H,22,26)(H3,20,23,24,25). The van der Waals surface area contributed by atoms with Gasteiger partial charge in [0.1, 0.15) is 5.84 Å². The van der Waals surface area contributed by atoms with Crippen molar-refractivity contribution in [2.24, 2.45) is 21.5 Å². The molecule has 4 rings (SSSR count). The third-order valence-electron chi connectivity index (χ3n) is 4.06. The van der Waals surface area contributed by atoms with E-state index in [1.165, 1.54) is 0 Å². The molecule has 1 unspecified atom stereocenters. The van der Waals surface area contributed by atoms with Gasteiger partial charge in [0.2, 0.25) is 5.79 Å². The number of rotatable bonds is 3. The maximum atomic E-state index is 6.40. The minimum absolute atomic E-state index is 0.181. The number of aromatic nitrogens is 2. The van der Waals surface area contributed by atoms with Crippen LogP contribution in [0.4, 0.5) is 0 Å². The van der Waals surface area contributed by atoms with Gasteiger partial charge in [-0.2, -0.15) is 5.10 Å². The van der Waals surface area contributed by atoms with Crippen LogP contribution in [0, 0.1) is 0 Å². The summed E-state index contributed by atoms with van der Waals surface area (Å²) < 4.78 is 0. The number of benzene rings is 2. The lowest BCUT2D eigenvalue weighted by Gasteiger charge is -2.28. The van der Waals surface area contributed by atoms with E-state index in [0.29, 0.717) is 15.9 Å². The molecule has 7 nitrogen and oxygen atoms in total. The van der Waals surface area contributed by atoms with Crippen LogP contribution in [-0.4, -0.2) is 27.8 Å². The first-order valence-electron chi connectivity index (χ1n) is 7.81. The molecule has 0 aliphatic carbocycles. The van der Waals surface area contributed by atoms with Crippen molar-refractivity contribution < 1.29 is 0 Å². The highest BCUT2D eigenvalue weighted by molar-refractivity contribution is 6.42. The smallest absolute Gasteiger partial charge is 0.212 e. The number of H-pyrrole nitrogens is 1. The van der Waals surface area contributed by atoms with E-state index < -0.39 is 5.79 Å². The minimum Gasteiger partial charge on any atom is -0.370 e. The van der Waals surface area contributed by atoms with Gasteiger partial charge in [-0.25, -0.2) is 9.98 Å². The van der Waals surface area contributed by atoms with Crippen molar-refractivity contribution >= 4 is 45.9 Å². The topological polar surface area (TPSA) is 117 Å².